The highest BCUT2D eigenvalue weighted by molar-refractivity contribution is 7.98. The van der Waals surface area contributed by atoms with Gasteiger partial charge in [-0.2, -0.15) is 11.8 Å². The number of thioether (sulfide) groups is 1. The molecule has 0 fully saturated rings. The number of amides is 1. The number of nitrogens with one attached hydrogen (secondary N) is 1. The van der Waals surface area contributed by atoms with Crippen molar-refractivity contribution in [2.24, 2.45) is 5.73 Å². The van der Waals surface area contributed by atoms with Crippen molar-refractivity contribution < 1.29 is 9.53 Å². The lowest BCUT2D eigenvalue weighted by molar-refractivity contribution is -0.122. The summed E-state index contributed by atoms with van der Waals surface area (Å²) in [6, 6.07) is 16.8. The molecular weight excluding hydrogens is 308 g/mol. The molecule has 0 saturated carbocycles. The van der Waals surface area contributed by atoms with Crippen LogP contribution in [0.3, 0.4) is 0 Å². The zero-order valence-electron chi connectivity index (χ0n) is 13.2. The molecule has 3 N–H and O–H groups in total. The van der Waals surface area contributed by atoms with E-state index in [4.69, 9.17) is 10.5 Å². The number of carbonyl (C=O) groups excluding carboxylic acids is 1. The van der Waals surface area contributed by atoms with Crippen molar-refractivity contribution in [1.29, 1.82) is 0 Å². The van der Waals surface area contributed by atoms with Crippen LogP contribution in [0, 0.1) is 0 Å². The van der Waals surface area contributed by atoms with Gasteiger partial charge in [-0.3, -0.25) is 4.79 Å². The van der Waals surface area contributed by atoms with Gasteiger partial charge in [0.2, 0.25) is 5.91 Å². The quantitative estimate of drug-likeness (QED) is 0.780. The Morgan fingerprint density at radius 1 is 1.17 bits per heavy atom. The zero-order valence-corrected chi connectivity index (χ0v) is 14.0. The van der Waals surface area contributed by atoms with E-state index in [-0.39, 0.29) is 5.91 Å². The molecular formula is C18H22N2O2S. The highest BCUT2D eigenvalue weighted by Crippen LogP contribution is 2.21. The molecule has 0 aliphatic heterocycles. The minimum Gasteiger partial charge on any atom is -0.457 e. The first-order valence-corrected chi connectivity index (χ1v) is 8.92. The van der Waals surface area contributed by atoms with Gasteiger partial charge in [-0.1, -0.05) is 30.3 Å². The average Bonchev–Trinajstić information content (AvgIpc) is 2.58. The summed E-state index contributed by atoms with van der Waals surface area (Å²) in [5, 5.41) is 2.87. The fraction of sp³-hybridized carbons (Fsp3) is 0.278. The van der Waals surface area contributed by atoms with Gasteiger partial charge in [0.05, 0.1) is 6.04 Å². The SMILES string of the molecule is CSCCC(N)C(=O)NCc1cccc(Oc2ccccc2)c1. The van der Waals surface area contributed by atoms with E-state index in [9.17, 15) is 4.79 Å². The summed E-state index contributed by atoms with van der Waals surface area (Å²) in [6.45, 7) is 0.442. The molecule has 0 aliphatic rings. The summed E-state index contributed by atoms with van der Waals surface area (Å²) >= 11 is 1.69. The van der Waals surface area contributed by atoms with E-state index >= 15 is 0 Å². The van der Waals surface area contributed by atoms with Crippen molar-refractivity contribution in [2.45, 2.75) is 19.0 Å². The summed E-state index contributed by atoms with van der Waals surface area (Å²) in [5.41, 5.74) is 6.83. The Morgan fingerprint density at radius 3 is 2.65 bits per heavy atom. The van der Waals surface area contributed by atoms with E-state index in [2.05, 4.69) is 5.32 Å². The molecule has 0 radical (unpaired) electrons. The van der Waals surface area contributed by atoms with Crippen molar-refractivity contribution in [3.63, 3.8) is 0 Å². The fourth-order valence-corrected chi connectivity index (χ4v) is 2.53. The monoisotopic (exact) mass is 330 g/mol. The van der Waals surface area contributed by atoms with Crippen molar-refractivity contribution in [3.8, 4) is 11.5 Å². The van der Waals surface area contributed by atoms with Gasteiger partial charge in [-0.25, -0.2) is 0 Å². The third-order valence-electron chi connectivity index (χ3n) is 3.31. The number of carbonyl (C=O) groups is 1. The van der Waals surface area contributed by atoms with E-state index < -0.39 is 6.04 Å². The normalized spacial score (nSPS) is 11.7. The van der Waals surface area contributed by atoms with Gasteiger partial charge < -0.3 is 15.8 Å². The van der Waals surface area contributed by atoms with Gasteiger partial charge >= 0.3 is 0 Å². The van der Waals surface area contributed by atoms with Gasteiger partial charge in [0.15, 0.2) is 0 Å². The summed E-state index contributed by atoms with van der Waals surface area (Å²) in [5.74, 6) is 2.30. The predicted octanol–water partition coefficient (Wildman–Crippen LogP) is 3.18. The first-order valence-electron chi connectivity index (χ1n) is 7.53. The van der Waals surface area contributed by atoms with E-state index in [1.165, 1.54) is 0 Å². The Kier molecular flexibility index (Phi) is 6.97. The Hall–Kier alpha value is -1.98. The van der Waals surface area contributed by atoms with Crippen molar-refractivity contribution in [3.05, 3.63) is 60.2 Å². The maximum absolute atomic E-state index is 11.9. The van der Waals surface area contributed by atoms with Crippen LogP contribution in [0.25, 0.3) is 0 Å². The van der Waals surface area contributed by atoms with Crippen LogP contribution in [0.5, 0.6) is 11.5 Å². The topological polar surface area (TPSA) is 64.4 Å². The number of nitrogens with two attached hydrogens (primary N) is 1. The number of hydrogen-bond donors (Lipinski definition) is 2. The lowest BCUT2D eigenvalue weighted by atomic mass is 10.2. The molecule has 4 nitrogen and oxygen atoms in total. The summed E-state index contributed by atoms with van der Waals surface area (Å²) < 4.78 is 5.79. The summed E-state index contributed by atoms with van der Waals surface area (Å²) in [6.07, 6.45) is 2.69. The van der Waals surface area contributed by atoms with Gasteiger partial charge in [-0.15, -0.1) is 0 Å². The Bertz CT molecular complexity index is 619. The number of rotatable bonds is 8. The van der Waals surface area contributed by atoms with Crippen LogP contribution in [0.1, 0.15) is 12.0 Å². The van der Waals surface area contributed by atoms with E-state index in [1.54, 1.807) is 11.8 Å². The van der Waals surface area contributed by atoms with Crippen LogP contribution in [-0.4, -0.2) is 24.0 Å². The van der Waals surface area contributed by atoms with E-state index in [0.717, 1.165) is 22.8 Å². The van der Waals surface area contributed by atoms with E-state index in [0.29, 0.717) is 13.0 Å². The maximum atomic E-state index is 11.9. The third kappa shape index (κ3) is 5.96. The number of benzene rings is 2. The highest BCUT2D eigenvalue weighted by atomic mass is 32.2. The third-order valence-corrected chi connectivity index (χ3v) is 3.96. The molecule has 122 valence electrons. The first kappa shape index (κ1) is 17.4. The van der Waals surface area contributed by atoms with Gasteiger partial charge in [0.1, 0.15) is 11.5 Å². The highest BCUT2D eigenvalue weighted by Gasteiger charge is 2.12. The lowest BCUT2D eigenvalue weighted by Gasteiger charge is -2.12. The molecule has 0 bridgehead atoms. The minimum atomic E-state index is -0.453. The van der Waals surface area contributed by atoms with Crippen LogP contribution in [0.4, 0.5) is 0 Å². The van der Waals surface area contributed by atoms with Crippen LogP contribution in [-0.2, 0) is 11.3 Å². The van der Waals surface area contributed by atoms with Crippen LogP contribution >= 0.6 is 11.8 Å². The standard InChI is InChI=1S/C18H22N2O2S/c1-23-11-10-17(19)18(21)20-13-14-6-5-9-16(12-14)22-15-7-3-2-4-8-15/h2-9,12,17H,10-11,13,19H2,1H3,(H,20,21). The molecule has 0 spiro atoms. The van der Waals surface area contributed by atoms with Gasteiger partial charge in [0.25, 0.3) is 0 Å². The lowest BCUT2D eigenvalue weighted by Crippen LogP contribution is -2.40. The second kappa shape index (κ2) is 9.22. The molecule has 1 unspecified atom stereocenters. The fourth-order valence-electron chi connectivity index (χ4n) is 2.04. The van der Waals surface area contributed by atoms with Crippen LogP contribution < -0.4 is 15.8 Å². The van der Waals surface area contributed by atoms with Crippen molar-refractivity contribution in [1.82, 2.24) is 5.32 Å². The Morgan fingerprint density at radius 2 is 1.91 bits per heavy atom. The number of hydrogen-bond acceptors (Lipinski definition) is 4. The molecule has 1 atom stereocenters. The second-order valence-corrected chi connectivity index (χ2v) is 6.15. The molecule has 23 heavy (non-hydrogen) atoms. The molecule has 2 aromatic carbocycles. The van der Waals surface area contributed by atoms with Gasteiger partial charge in [0, 0.05) is 6.54 Å². The molecule has 0 aliphatic carbocycles. The van der Waals surface area contributed by atoms with Crippen LogP contribution in [0.15, 0.2) is 54.6 Å². The number of ether oxygens (including phenoxy) is 1. The van der Waals surface area contributed by atoms with Crippen LogP contribution in [0.2, 0.25) is 0 Å². The summed E-state index contributed by atoms with van der Waals surface area (Å²) in [4.78, 5) is 11.9. The predicted molar refractivity (Wildman–Crippen MR) is 95.8 cm³/mol. The number of para-hydroxylation sites is 1. The summed E-state index contributed by atoms with van der Waals surface area (Å²) in [7, 11) is 0. The largest absolute Gasteiger partial charge is 0.457 e. The molecule has 2 aromatic rings. The molecule has 0 aromatic heterocycles. The molecule has 5 heteroatoms. The first-order chi connectivity index (χ1) is 11.2. The smallest absolute Gasteiger partial charge is 0.237 e. The zero-order chi connectivity index (χ0) is 16.5. The maximum Gasteiger partial charge on any atom is 0.237 e. The second-order valence-electron chi connectivity index (χ2n) is 5.17. The molecule has 1 amide bonds. The molecule has 0 heterocycles. The molecule has 0 saturated heterocycles. The van der Waals surface area contributed by atoms with Gasteiger partial charge in [-0.05, 0) is 48.3 Å². The Labute approximate surface area is 141 Å². The van der Waals surface area contributed by atoms with Crippen molar-refractivity contribution >= 4 is 17.7 Å². The van der Waals surface area contributed by atoms with Crippen molar-refractivity contribution in [2.75, 3.05) is 12.0 Å². The minimum absolute atomic E-state index is 0.117. The van der Waals surface area contributed by atoms with E-state index in [1.807, 2.05) is 60.9 Å². The average molecular weight is 330 g/mol. The Balaban J connectivity index is 1.89. The molecule has 2 rings (SSSR count).